The smallest absolute Gasteiger partial charge is 0.382 e. The van der Waals surface area contributed by atoms with Crippen molar-refractivity contribution < 1.29 is 23.6 Å². The maximum absolute atomic E-state index is 11.0. The molecule has 0 bridgehead atoms. The summed E-state index contributed by atoms with van der Waals surface area (Å²) in [7, 11) is -4.47. The monoisotopic (exact) mass is 411 g/mol. The van der Waals surface area contributed by atoms with Crippen LogP contribution in [0.3, 0.4) is 0 Å². The Hall–Kier alpha value is -0.750. The van der Waals surface area contributed by atoms with Crippen LogP contribution < -0.4 is 5.73 Å². The molecule has 1 fully saturated rings. The highest BCUT2D eigenvalue weighted by molar-refractivity contribution is 7.46. The molecule has 2 aliphatic rings. The predicted octanol–water partition coefficient (Wildman–Crippen LogP) is 3.68. The summed E-state index contributed by atoms with van der Waals surface area (Å²) in [4.78, 5) is 17.9. The minimum absolute atomic E-state index is 0.0951. The summed E-state index contributed by atoms with van der Waals surface area (Å²) in [6.45, 7) is 3.61. The lowest BCUT2D eigenvalue weighted by atomic mass is 9.80. The van der Waals surface area contributed by atoms with Crippen molar-refractivity contribution in [1.29, 1.82) is 0 Å². The van der Waals surface area contributed by atoms with Gasteiger partial charge < -0.3 is 20.3 Å². The van der Waals surface area contributed by atoms with E-state index in [0.29, 0.717) is 12.3 Å². The number of hydrogen-bond donors (Lipinski definition) is 3. The lowest BCUT2D eigenvalue weighted by Gasteiger charge is -2.26. The molecule has 0 radical (unpaired) electrons. The molecular formula is C21H34NO5P. The van der Waals surface area contributed by atoms with Crippen LogP contribution in [0.4, 0.5) is 0 Å². The van der Waals surface area contributed by atoms with Crippen molar-refractivity contribution >= 4 is 7.82 Å². The van der Waals surface area contributed by atoms with E-state index in [2.05, 4.69) is 22.7 Å². The molecular weight excluding hydrogens is 377 g/mol. The number of rotatable bonds is 9. The van der Waals surface area contributed by atoms with Gasteiger partial charge in [0, 0.05) is 18.8 Å². The molecule has 28 heavy (non-hydrogen) atoms. The molecule has 0 heterocycles. The number of benzene rings is 1. The summed E-state index contributed by atoms with van der Waals surface area (Å²) < 4.78 is 21.1. The molecule has 4 N–H and O–H groups in total. The molecule has 158 valence electrons. The number of ether oxygens (including phenoxy) is 1. The highest BCUT2D eigenvalue weighted by Gasteiger charge is 2.38. The van der Waals surface area contributed by atoms with Gasteiger partial charge >= 0.3 is 7.82 Å². The fraction of sp³-hybridized carbons (Fsp3) is 0.714. The minimum Gasteiger partial charge on any atom is -0.382 e. The predicted molar refractivity (Wildman–Crippen MR) is 109 cm³/mol. The van der Waals surface area contributed by atoms with Crippen LogP contribution >= 0.6 is 7.82 Å². The highest BCUT2D eigenvalue weighted by atomic mass is 31.2. The van der Waals surface area contributed by atoms with Gasteiger partial charge in [-0.1, -0.05) is 18.2 Å². The molecule has 1 aromatic carbocycles. The van der Waals surface area contributed by atoms with Gasteiger partial charge in [0.05, 0.1) is 6.61 Å². The average molecular weight is 411 g/mol. The van der Waals surface area contributed by atoms with E-state index < -0.39 is 13.4 Å². The van der Waals surface area contributed by atoms with Gasteiger partial charge in [0.2, 0.25) is 0 Å². The Bertz CT molecular complexity index is 706. The Morgan fingerprint density at radius 2 is 2.11 bits per heavy atom. The molecule has 0 saturated heterocycles. The Kier molecular flexibility index (Phi) is 7.35. The van der Waals surface area contributed by atoms with E-state index in [9.17, 15) is 4.57 Å². The van der Waals surface area contributed by atoms with Crippen molar-refractivity contribution in [2.75, 3.05) is 19.8 Å². The SMILES string of the molecule is CCOCCCC1CCc2cc([C@H]3CC[C@@](N)(COP(=O)(O)O)C3)ccc2C1. The standard InChI is InChI=1S/C21H34NO5P/c1-2-26-11-3-4-16-5-6-18-13-19(8-7-17(18)12-16)20-9-10-21(22,14-20)15-27-28(23,24)25/h7-8,13,16,20H,2-6,9-12,14-15,22H2,1H3,(H2,23,24,25)/t16?,20-,21-/m0/s1. The molecule has 0 aliphatic heterocycles. The summed E-state index contributed by atoms with van der Waals surface area (Å²) >= 11 is 0. The maximum Gasteiger partial charge on any atom is 0.469 e. The second-order valence-electron chi connectivity index (χ2n) is 8.54. The lowest BCUT2D eigenvalue weighted by Crippen LogP contribution is -2.41. The van der Waals surface area contributed by atoms with Crippen LogP contribution in [0.25, 0.3) is 0 Å². The van der Waals surface area contributed by atoms with Crippen LogP contribution in [-0.2, 0) is 26.7 Å². The zero-order chi connectivity index (χ0) is 20.2. The summed E-state index contributed by atoms with van der Waals surface area (Å²) in [5.41, 5.74) is 9.91. The largest absolute Gasteiger partial charge is 0.469 e. The highest BCUT2D eigenvalue weighted by Crippen LogP contribution is 2.44. The van der Waals surface area contributed by atoms with Crippen LogP contribution in [0.5, 0.6) is 0 Å². The molecule has 3 atom stereocenters. The van der Waals surface area contributed by atoms with E-state index in [1.807, 2.05) is 6.92 Å². The molecule has 1 saturated carbocycles. The van der Waals surface area contributed by atoms with Crippen molar-refractivity contribution in [3.05, 3.63) is 34.9 Å². The van der Waals surface area contributed by atoms with Gasteiger partial charge in [0.1, 0.15) is 0 Å². The van der Waals surface area contributed by atoms with E-state index >= 15 is 0 Å². The molecule has 0 spiro atoms. The van der Waals surface area contributed by atoms with Crippen molar-refractivity contribution in [2.24, 2.45) is 11.7 Å². The number of phosphoric ester groups is 1. The first-order valence-corrected chi connectivity index (χ1v) is 12.0. The molecule has 6 nitrogen and oxygen atoms in total. The Morgan fingerprint density at radius 1 is 1.29 bits per heavy atom. The molecule has 2 aliphatic carbocycles. The summed E-state index contributed by atoms with van der Waals surface area (Å²) in [5.74, 6) is 1.09. The third-order valence-electron chi connectivity index (χ3n) is 6.30. The van der Waals surface area contributed by atoms with Crippen molar-refractivity contribution in [3.63, 3.8) is 0 Å². The van der Waals surface area contributed by atoms with E-state index in [0.717, 1.165) is 51.2 Å². The van der Waals surface area contributed by atoms with Gasteiger partial charge in [-0.05, 0) is 86.8 Å². The number of phosphoric acid groups is 1. The second kappa shape index (κ2) is 9.38. The van der Waals surface area contributed by atoms with E-state index in [1.54, 1.807) is 0 Å². The zero-order valence-electron chi connectivity index (χ0n) is 16.8. The van der Waals surface area contributed by atoms with Gasteiger partial charge in [-0.15, -0.1) is 0 Å². The van der Waals surface area contributed by atoms with Crippen molar-refractivity contribution in [3.8, 4) is 0 Å². The van der Waals surface area contributed by atoms with Gasteiger partial charge in [0.15, 0.2) is 0 Å². The van der Waals surface area contributed by atoms with Crippen LogP contribution in [-0.4, -0.2) is 35.1 Å². The van der Waals surface area contributed by atoms with Crippen LogP contribution in [0.1, 0.15) is 68.1 Å². The van der Waals surface area contributed by atoms with Crippen LogP contribution in [0, 0.1) is 5.92 Å². The quantitative estimate of drug-likeness (QED) is 0.423. The van der Waals surface area contributed by atoms with E-state index in [4.69, 9.17) is 20.3 Å². The van der Waals surface area contributed by atoms with Gasteiger partial charge in [-0.2, -0.15) is 0 Å². The second-order valence-corrected chi connectivity index (χ2v) is 9.78. The van der Waals surface area contributed by atoms with Gasteiger partial charge in [-0.3, -0.25) is 4.52 Å². The van der Waals surface area contributed by atoms with Crippen molar-refractivity contribution in [1.82, 2.24) is 0 Å². The molecule has 0 aromatic heterocycles. The summed E-state index contributed by atoms with van der Waals surface area (Å²) in [6.07, 6.45) is 8.25. The Balaban J connectivity index is 1.56. The molecule has 1 aromatic rings. The Morgan fingerprint density at radius 3 is 2.86 bits per heavy atom. The summed E-state index contributed by atoms with van der Waals surface area (Å²) in [5, 5.41) is 0. The molecule has 3 rings (SSSR count). The normalized spacial score (nSPS) is 27.7. The maximum atomic E-state index is 11.0. The number of nitrogens with two attached hydrogens (primary N) is 1. The fourth-order valence-corrected chi connectivity index (χ4v) is 5.18. The average Bonchev–Trinajstić information content (AvgIpc) is 3.05. The topological polar surface area (TPSA) is 102 Å². The number of aryl methyl sites for hydroxylation is 1. The lowest BCUT2D eigenvalue weighted by molar-refractivity contribution is 0.138. The van der Waals surface area contributed by atoms with Crippen LogP contribution in [0.2, 0.25) is 0 Å². The summed E-state index contributed by atoms with van der Waals surface area (Å²) in [6, 6.07) is 6.84. The van der Waals surface area contributed by atoms with Gasteiger partial charge in [0.25, 0.3) is 0 Å². The minimum atomic E-state index is -4.47. The first kappa shape index (κ1) is 21.9. The molecule has 1 unspecified atom stereocenters. The molecule has 7 heteroatoms. The first-order chi connectivity index (χ1) is 13.3. The first-order valence-electron chi connectivity index (χ1n) is 10.5. The van der Waals surface area contributed by atoms with Gasteiger partial charge in [-0.25, -0.2) is 4.57 Å². The van der Waals surface area contributed by atoms with E-state index in [-0.39, 0.29) is 6.61 Å². The van der Waals surface area contributed by atoms with Crippen LogP contribution in [0.15, 0.2) is 18.2 Å². The third kappa shape index (κ3) is 6.12. The molecule has 0 amide bonds. The van der Waals surface area contributed by atoms with Crippen molar-refractivity contribution in [2.45, 2.75) is 69.7 Å². The zero-order valence-corrected chi connectivity index (χ0v) is 17.7. The van der Waals surface area contributed by atoms with E-state index in [1.165, 1.54) is 29.5 Å². The Labute approximate surface area is 168 Å². The third-order valence-corrected chi connectivity index (χ3v) is 6.77. The number of fused-ring (bicyclic) bond motifs is 1. The fourth-order valence-electron chi connectivity index (χ4n) is 4.75. The number of hydrogen-bond acceptors (Lipinski definition) is 4.